The van der Waals surface area contributed by atoms with Crippen molar-refractivity contribution in [3.05, 3.63) is 58.4 Å². The summed E-state index contributed by atoms with van der Waals surface area (Å²) in [5.41, 5.74) is 7.94. The van der Waals surface area contributed by atoms with Crippen LogP contribution in [0.5, 0.6) is 0 Å². The Morgan fingerprint density at radius 1 is 1.34 bits per heavy atom. The number of hydrazone groups is 1. The zero-order valence-electron chi connectivity index (χ0n) is 18.9. The molecule has 0 spiro atoms. The molecule has 0 aromatic heterocycles. The first-order chi connectivity index (χ1) is 15.1. The van der Waals surface area contributed by atoms with Crippen LogP contribution in [-0.4, -0.2) is 35.6 Å². The maximum absolute atomic E-state index is 12.6. The predicted octanol–water partition coefficient (Wildman–Crippen LogP) is 3.56. The molecule has 2 amide bonds. The van der Waals surface area contributed by atoms with Crippen molar-refractivity contribution >= 4 is 34.0 Å². The van der Waals surface area contributed by atoms with Crippen LogP contribution < -0.4 is 16.4 Å². The Labute approximate surface area is 198 Å². The zero-order chi connectivity index (χ0) is 23.5. The van der Waals surface area contributed by atoms with Crippen LogP contribution in [0.2, 0.25) is 0 Å². The summed E-state index contributed by atoms with van der Waals surface area (Å²) in [7, 11) is 0. The van der Waals surface area contributed by atoms with Crippen LogP contribution in [0, 0.1) is 11.3 Å². The quantitative estimate of drug-likeness (QED) is 0.531. The minimum Gasteiger partial charge on any atom is -0.380 e. The van der Waals surface area contributed by atoms with Gasteiger partial charge in [-0.15, -0.1) is 0 Å². The average molecular weight is 502 g/mol. The van der Waals surface area contributed by atoms with E-state index >= 15 is 0 Å². The second-order valence-electron chi connectivity index (χ2n) is 9.43. The lowest BCUT2D eigenvalue weighted by atomic mass is 9.70. The van der Waals surface area contributed by atoms with Gasteiger partial charge in [-0.2, -0.15) is 5.10 Å². The van der Waals surface area contributed by atoms with Crippen LogP contribution in [0.4, 0.5) is 0 Å². The van der Waals surface area contributed by atoms with Gasteiger partial charge >= 0.3 is 0 Å². The van der Waals surface area contributed by atoms with E-state index in [0.29, 0.717) is 28.6 Å². The molecule has 1 heterocycles. The minimum atomic E-state index is -0.904. The molecule has 8 heteroatoms. The van der Waals surface area contributed by atoms with E-state index in [1.165, 1.54) is 17.9 Å². The van der Waals surface area contributed by atoms with Gasteiger partial charge in [0, 0.05) is 6.04 Å². The molecule has 0 saturated heterocycles. The molecule has 0 radical (unpaired) electrons. The van der Waals surface area contributed by atoms with Crippen molar-refractivity contribution in [3.63, 3.8) is 0 Å². The molecule has 32 heavy (non-hydrogen) atoms. The van der Waals surface area contributed by atoms with Gasteiger partial charge in [0.05, 0.1) is 22.1 Å². The maximum Gasteiger partial charge on any atom is 0.244 e. The fourth-order valence-corrected chi connectivity index (χ4v) is 4.85. The van der Waals surface area contributed by atoms with E-state index < -0.39 is 11.9 Å². The Balaban J connectivity index is 1.61. The number of halogens is 1. The lowest BCUT2D eigenvalue weighted by molar-refractivity contribution is -0.128. The third-order valence-corrected chi connectivity index (χ3v) is 7.06. The van der Waals surface area contributed by atoms with Crippen molar-refractivity contribution in [2.45, 2.75) is 52.1 Å². The smallest absolute Gasteiger partial charge is 0.244 e. The van der Waals surface area contributed by atoms with Gasteiger partial charge in [0.1, 0.15) is 12.6 Å². The summed E-state index contributed by atoms with van der Waals surface area (Å²) >= 11 is 3.61. The Bertz CT molecular complexity index is 941. The molecule has 172 valence electrons. The van der Waals surface area contributed by atoms with Crippen LogP contribution in [-0.2, 0) is 9.59 Å². The highest BCUT2D eigenvalue weighted by molar-refractivity contribution is 9.12. The molecule has 1 aliphatic carbocycles. The molecular weight excluding hydrogens is 470 g/mol. The SMILES string of the molecule is C=C1C(Br)=C(N[C@@H]2CCC(C)(C)CC2C)C=NN1CC(=O)NC(C(N)=O)c1ccccc1. The number of carbonyl (C=O) groups excluding carboxylic acids is 2. The molecule has 3 atom stereocenters. The van der Waals surface area contributed by atoms with Crippen molar-refractivity contribution in [3.8, 4) is 0 Å². The molecule has 2 unspecified atom stereocenters. The third kappa shape index (κ3) is 5.79. The Hall–Kier alpha value is -2.61. The van der Waals surface area contributed by atoms with E-state index in [-0.39, 0.29) is 12.5 Å². The van der Waals surface area contributed by atoms with Gasteiger partial charge < -0.3 is 16.4 Å². The molecule has 1 aromatic rings. The molecule has 7 nitrogen and oxygen atoms in total. The first-order valence-electron chi connectivity index (χ1n) is 10.9. The van der Waals surface area contributed by atoms with Crippen molar-refractivity contribution in [1.82, 2.24) is 15.6 Å². The van der Waals surface area contributed by atoms with Crippen LogP contribution in [0.25, 0.3) is 0 Å². The number of nitrogens with zero attached hydrogens (tertiary/aromatic N) is 2. The van der Waals surface area contributed by atoms with E-state index in [1.807, 2.05) is 6.07 Å². The van der Waals surface area contributed by atoms with E-state index in [9.17, 15) is 9.59 Å². The summed E-state index contributed by atoms with van der Waals surface area (Å²) in [6.07, 6.45) is 5.15. The number of benzene rings is 1. The van der Waals surface area contributed by atoms with Crippen LogP contribution in [0.1, 0.15) is 51.6 Å². The highest BCUT2D eigenvalue weighted by Gasteiger charge is 2.33. The molecule has 1 aliphatic heterocycles. The van der Waals surface area contributed by atoms with E-state index in [1.54, 1.807) is 30.5 Å². The van der Waals surface area contributed by atoms with Gasteiger partial charge in [-0.3, -0.25) is 14.6 Å². The third-order valence-electron chi connectivity index (χ3n) is 6.18. The lowest BCUT2D eigenvalue weighted by Crippen LogP contribution is -2.44. The van der Waals surface area contributed by atoms with Crippen LogP contribution >= 0.6 is 15.9 Å². The lowest BCUT2D eigenvalue weighted by Gasteiger charge is -2.40. The largest absolute Gasteiger partial charge is 0.380 e. The number of hydrogen-bond donors (Lipinski definition) is 3. The number of amides is 2. The summed E-state index contributed by atoms with van der Waals surface area (Å²) in [5.74, 6) is -0.459. The van der Waals surface area contributed by atoms with Gasteiger partial charge in [-0.05, 0) is 52.1 Å². The first kappa shape index (κ1) is 24.0. The number of carbonyl (C=O) groups is 2. The number of primary amides is 1. The monoisotopic (exact) mass is 501 g/mol. The molecule has 1 saturated carbocycles. The highest BCUT2D eigenvalue weighted by Crippen LogP contribution is 2.39. The standard InChI is InChI=1S/C24H32BrN5O2/c1-15-12-24(3,4)11-10-18(15)28-19-13-27-30(16(2)21(19)25)14-20(31)29-22(23(26)32)17-8-6-5-7-9-17/h5-9,13,15,18,22,28H,2,10-12,14H2,1,3-4H3,(H2,26,32)(H,29,31)/t15?,18-,22?/m1/s1. The fourth-order valence-electron chi connectivity index (χ4n) is 4.43. The Morgan fingerprint density at radius 3 is 2.66 bits per heavy atom. The number of hydrogen-bond acceptors (Lipinski definition) is 5. The molecule has 2 aliphatic rings. The van der Waals surface area contributed by atoms with Gasteiger partial charge in [-0.25, -0.2) is 0 Å². The molecular formula is C24H32BrN5O2. The Morgan fingerprint density at radius 2 is 2.03 bits per heavy atom. The van der Waals surface area contributed by atoms with Crippen molar-refractivity contribution in [1.29, 1.82) is 0 Å². The summed E-state index contributed by atoms with van der Waals surface area (Å²) in [6, 6.07) is 8.37. The fraction of sp³-hybridized carbons (Fsp3) is 0.458. The van der Waals surface area contributed by atoms with Crippen molar-refractivity contribution < 1.29 is 9.59 Å². The summed E-state index contributed by atoms with van der Waals surface area (Å²) in [6.45, 7) is 10.9. The molecule has 1 aromatic carbocycles. The normalized spacial score (nSPS) is 23.6. The number of nitrogens with two attached hydrogens (primary N) is 1. The van der Waals surface area contributed by atoms with E-state index in [2.05, 4.69) is 59.0 Å². The first-order valence-corrected chi connectivity index (χ1v) is 11.7. The highest BCUT2D eigenvalue weighted by atomic mass is 79.9. The van der Waals surface area contributed by atoms with Gasteiger partial charge in [0.2, 0.25) is 11.8 Å². The second kappa shape index (κ2) is 9.90. The zero-order valence-corrected chi connectivity index (χ0v) is 20.5. The molecule has 4 N–H and O–H groups in total. The number of allylic oxidation sites excluding steroid dienone is 2. The van der Waals surface area contributed by atoms with Gasteiger partial charge in [0.15, 0.2) is 0 Å². The van der Waals surface area contributed by atoms with Gasteiger partial charge in [-0.1, -0.05) is 57.7 Å². The molecule has 0 bridgehead atoms. The summed E-state index contributed by atoms with van der Waals surface area (Å²) < 4.78 is 0.770. The molecule has 3 rings (SSSR count). The van der Waals surface area contributed by atoms with Gasteiger partial charge in [0.25, 0.3) is 0 Å². The topological polar surface area (TPSA) is 99.8 Å². The summed E-state index contributed by atoms with van der Waals surface area (Å²) in [5, 5.41) is 12.2. The number of nitrogens with one attached hydrogen (secondary N) is 2. The van der Waals surface area contributed by atoms with Crippen LogP contribution in [0.15, 0.2) is 57.9 Å². The van der Waals surface area contributed by atoms with Crippen molar-refractivity contribution in [2.24, 2.45) is 22.2 Å². The van der Waals surface area contributed by atoms with E-state index in [0.717, 1.165) is 16.6 Å². The van der Waals surface area contributed by atoms with Crippen LogP contribution in [0.3, 0.4) is 0 Å². The maximum atomic E-state index is 12.6. The second-order valence-corrected chi connectivity index (χ2v) is 10.2. The summed E-state index contributed by atoms with van der Waals surface area (Å²) in [4.78, 5) is 24.5. The molecule has 1 fully saturated rings. The van der Waals surface area contributed by atoms with E-state index in [4.69, 9.17) is 5.73 Å². The Kier molecular flexibility index (Phi) is 7.44. The predicted molar refractivity (Wildman–Crippen MR) is 131 cm³/mol. The average Bonchev–Trinajstić information content (AvgIpc) is 2.73. The minimum absolute atomic E-state index is 0.0810. The van der Waals surface area contributed by atoms with Crippen molar-refractivity contribution in [2.75, 3.05) is 6.54 Å². The number of rotatable bonds is 7.